The number of carbonyl (C=O) groups excluding carboxylic acids is 1. The minimum atomic E-state index is -0.933. The molecule has 26 heavy (non-hydrogen) atoms. The highest BCUT2D eigenvalue weighted by Gasteiger charge is 2.54. The molecule has 0 aromatic heterocycles. The van der Waals surface area contributed by atoms with Crippen LogP contribution in [0, 0.1) is 6.92 Å². The lowest BCUT2D eigenvalue weighted by atomic mass is 9.79. The summed E-state index contributed by atoms with van der Waals surface area (Å²) in [5.74, 6) is 0.735. The van der Waals surface area contributed by atoms with Crippen LogP contribution < -0.4 is 4.74 Å². The molecular weight excluding hydrogens is 330 g/mol. The standard InChI is InChI=1S/C21H31NO4/c1-15-7-6-8-17(13-15)26-20(2,3)19(23)22-12-11-21(25-5)10-9-16(24-4)14-18(21)22/h6-8,13,16,18H,9-12,14H2,1-5H3/t16-,18+,21-/m1/s1. The van der Waals surface area contributed by atoms with Crippen LogP contribution in [0.15, 0.2) is 24.3 Å². The van der Waals surface area contributed by atoms with Crippen LogP contribution in [0.3, 0.4) is 0 Å². The molecular formula is C21H31NO4. The zero-order chi connectivity index (χ0) is 18.9. The van der Waals surface area contributed by atoms with E-state index < -0.39 is 5.60 Å². The number of methoxy groups -OCH3 is 2. The van der Waals surface area contributed by atoms with E-state index in [1.165, 1.54) is 0 Å². The molecule has 144 valence electrons. The van der Waals surface area contributed by atoms with Gasteiger partial charge in [-0.1, -0.05) is 12.1 Å². The van der Waals surface area contributed by atoms with Gasteiger partial charge in [0.15, 0.2) is 5.60 Å². The normalized spacial score (nSPS) is 28.7. The molecule has 3 rings (SSSR count). The summed E-state index contributed by atoms with van der Waals surface area (Å²) in [5, 5.41) is 0. The van der Waals surface area contributed by atoms with Gasteiger partial charge in [0.1, 0.15) is 5.75 Å². The van der Waals surface area contributed by atoms with Crippen molar-refractivity contribution in [2.45, 2.75) is 69.8 Å². The van der Waals surface area contributed by atoms with E-state index in [2.05, 4.69) is 0 Å². The molecule has 1 aliphatic heterocycles. The Balaban J connectivity index is 1.79. The van der Waals surface area contributed by atoms with Crippen molar-refractivity contribution in [1.29, 1.82) is 0 Å². The molecule has 0 bridgehead atoms. The van der Waals surface area contributed by atoms with E-state index in [0.717, 1.165) is 37.0 Å². The number of fused-ring (bicyclic) bond motifs is 1. The van der Waals surface area contributed by atoms with Crippen molar-refractivity contribution < 1.29 is 19.0 Å². The van der Waals surface area contributed by atoms with Crippen LogP contribution in [-0.4, -0.2) is 54.9 Å². The van der Waals surface area contributed by atoms with Crippen LogP contribution in [0.5, 0.6) is 5.75 Å². The van der Waals surface area contributed by atoms with E-state index in [0.29, 0.717) is 6.54 Å². The number of benzene rings is 1. The molecule has 0 spiro atoms. The maximum absolute atomic E-state index is 13.4. The van der Waals surface area contributed by atoms with Crippen molar-refractivity contribution in [3.63, 3.8) is 0 Å². The monoisotopic (exact) mass is 361 g/mol. The summed E-state index contributed by atoms with van der Waals surface area (Å²) in [7, 11) is 3.51. The number of nitrogens with zero attached hydrogens (tertiary/aromatic N) is 1. The van der Waals surface area contributed by atoms with E-state index in [-0.39, 0.29) is 23.7 Å². The summed E-state index contributed by atoms with van der Waals surface area (Å²) in [5.41, 5.74) is -0.0672. The Morgan fingerprint density at radius 2 is 2.04 bits per heavy atom. The van der Waals surface area contributed by atoms with Gasteiger partial charge in [-0.25, -0.2) is 0 Å². The molecule has 5 nitrogen and oxygen atoms in total. The van der Waals surface area contributed by atoms with E-state index >= 15 is 0 Å². The van der Waals surface area contributed by atoms with Crippen molar-refractivity contribution in [3.8, 4) is 5.75 Å². The fourth-order valence-corrected chi connectivity index (χ4v) is 4.48. The van der Waals surface area contributed by atoms with Gasteiger partial charge in [0.25, 0.3) is 5.91 Å². The summed E-state index contributed by atoms with van der Waals surface area (Å²) in [6.07, 6.45) is 3.77. The highest BCUT2D eigenvalue weighted by molar-refractivity contribution is 5.85. The van der Waals surface area contributed by atoms with Crippen molar-refractivity contribution in [2.75, 3.05) is 20.8 Å². The van der Waals surface area contributed by atoms with Crippen LogP contribution in [0.2, 0.25) is 0 Å². The number of likely N-dealkylation sites (tertiary alicyclic amines) is 1. The molecule has 1 aromatic rings. The molecule has 1 saturated heterocycles. The third-order valence-electron chi connectivity index (χ3n) is 6.01. The van der Waals surface area contributed by atoms with Gasteiger partial charge in [0.2, 0.25) is 0 Å². The predicted molar refractivity (Wildman–Crippen MR) is 100 cm³/mol. The SMILES string of the molecule is CO[C@@H]1CC[C@@]2(OC)CCN(C(=O)C(C)(C)Oc3cccc(C)c3)[C@H]2C1. The predicted octanol–water partition coefficient (Wildman–Crippen LogP) is 3.34. The highest BCUT2D eigenvalue weighted by atomic mass is 16.5. The maximum atomic E-state index is 13.4. The van der Waals surface area contributed by atoms with E-state index in [1.54, 1.807) is 14.2 Å². The minimum Gasteiger partial charge on any atom is -0.478 e. The molecule has 1 aliphatic carbocycles. The molecule has 1 aromatic carbocycles. The first kappa shape index (κ1) is 19.2. The van der Waals surface area contributed by atoms with Crippen molar-refractivity contribution in [2.24, 2.45) is 0 Å². The molecule has 0 radical (unpaired) electrons. The summed E-state index contributed by atoms with van der Waals surface area (Å²) in [6.45, 7) is 6.42. The fraction of sp³-hybridized carbons (Fsp3) is 0.667. The van der Waals surface area contributed by atoms with Crippen LogP contribution in [0.25, 0.3) is 0 Å². The average Bonchev–Trinajstić information content (AvgIpc) is 2.99. The lowest BCUT2D eigenvalue weighted by Crippen LogP contribution is -2.57. The topological polar surface area (TPSA) is 48.0 Å². The molecule has 2 fully saturated rings. The quantitative estimate of drug-likeness (QED) is 0.807. The second-order valence-corrected chi connectivity index (χ2v) is 8.09. The summed E-state index contributed by atoms with van der Waals surface area (Å²) in [6, 6.07) is 7.86. The Morgan fingerprint density at radius 1 is 1.27 bits per heavy atom. The average molecular weight is 361 g/mol. The van der Waals surface area contributed by atoms with Gasteiger partial charge in [-0.15, -0.1) is 0 Å². The molecule has 2 aliphatic rings. The number of rotatable bonds is 5. The molecule has 1 heterocycles. The number of ether oxygens (including phenoxy) is 3. The van der Waals surface area contributed by atoms with Gasteiger partial charge in [0, 0.05) is 20.8 Å². The largest absolute Gasteiger partial charge is 0.478 e. The van der Waals surface area contributed by atoms with Crippen molar-refractivity contribution >= 4 is 5.91 Å². The van der Waals surface area contributed by atoms with Crippen molar-refractivity contribution in [3.05, 3.63) is 29.8 Å². The van der Waals surface area contributed by atoms with Gasteiger partial charge < -0.3 is 19.1 Å². The lowest BCUT2D eigenvalue weighted by molar-refractivity contribution is -0.154. The Morgan fingerprint density at radius 3 is 2.69 bits per heavy atom. The molecule has 1 amide bonds. The molecule has 0 N–H and O–H groups in total. The number of hydrogen-bond donors (Lipinski definition) is 0. The molecule has 3 atom stereocenters. The van der Waals surface area contributed by atoms with Gasteiger partial charge in [-0.05, 0) is 64.2 Å². The number of amides is 1. The zero-order valence-electron chi connectivity index (χ0n) is 16.6. The van der Waals surface area contributed by atoms with Gasteiger partial charge >= 0.3 is 0 Å². The molecule has 5 heteroatoms. The summed E-state index contributed by atoms with van der Waals surface area (Å²) >= 11 is 0. The zero-order valence-corrected chi connectivity index (χ0v) is 16.6. The van der Waals surface area contributed by atoms with Crippen LogP contribution >= 0.6 is 0 Å². The third-order valence-corrected chi connectivity index (χ3v) is 6.01. The molecule has 1 saturated carbocycles. The van der Waals surface area contributed by atoms with Gasteiger partial charge in [0.05, 0.1) is 17.7 Å². The highest BCUT2D eigenvalue weighted by Crippen LogP contribution is 2.44. The Kier molecular flexibility index (Phi) is 5.31. The van der Waals surface area contributed by atoms with E-state index in [9.17, 15) is 4.79 Å². The van der Waals surface area contributed by atoms with E-state index in [1.807, 2.05) is 49.9 Å². The van der Waals surface area contributed by atoms with Crippen molar-refractivity contribution in [1.82, 2.24) is 4.90 Å². The first-order valence-electron chi connectivity index (χ1n) is 9.46. The first-order valence-corrected chi connectivity index (χ1v) is 9.46. The van der Waals surface area contributed by atoms with Gasteiger partial charge in [-0.2, -0.15) is 0 Å². The smallest absolute Gasteiger partial charge is 0.266 e. The number of hydrogen-bond acceptors (Lipinski definition) is 4. The minimum absolute atomic E-state index is 0.0136. The number of carbonyl (C=O) groups is 1. The Labute approximate surface area is 156 Å². The maximum Gasteiger partial charge on any atom is 0.266 e. The molecule has 0 unspecified atom stereocenters. The van der Waals surface area contributed by atoms with Crippen LogP contribution in [0.1, 0.15) is 45.1 Å². The van der Waals surface area contributed by atoms with Crippen LogP contribution in [-0.2, 0) is 14.3 Å². The third kappa shape index (κ3) is 3.47. The summed E-state index contributed by atoms with van der Waals surface area (Å²) < 4.78 is 17.6. The number of aryl methyl sites for hydroxylation is 1. The lowest BCUT2D eigenvalue weighted by Gasteiger charge is -2.44. The Hall–Kier alpha value is -1.59. The fourth-order valence-electron chi connectivity index (χ4n) is 4.48. The van der Waals surface area contributed by atoms with Crippen LogP contribution in [0.4, 0.5) is 0 Å². The second-order valence-electron chi connectivity index (χ2n) is 8.09. The second kappa shape index (κ2) is 7.20. The summed E-state index contributed by atoms with van der Waals surface area (Å²) in [4.78, 5) is 15.3. The Bertz CT molecular complexity index is 659. The first-order chi connectivity index (χ1) is 12.3. The van der Waals surface area contributed by atoms with E-state index in [4.69, 9.17) is 14.2 Å². The van der Waals surface area contributed by atoms with Gasteiger partial charge in [-0.3, -0.25) is 4.79 Å².